The second-order valence-corrected chi connectivity index (χ2v) is 5.65. The average Bonchev–Trinajstić information content (AvgIpc) is 3.00. The first-order valence-electron chi connectivity index (χ1n) is 7.40. The Morgan fingerprint density at radius 1 is 1.22 bits per heavy atom. The minimum atomic E-state index is -0.705. The molecule has 0 aliphatic heterocycles. The van der Waals surface area contributed by atoms with Gasteiger partial charge in [-0.2, -0.15) is 5.10 Å². The van der Waals surface area contributed by atoms with Crippen LogP contribution < -0.4 is 10.9 Å². The number of aryl methyl sites for hydroxylation is 2. The van der Waals surface area contributed by atoms with Gasteiger partial charge in [-0.15, -0.1) is 0 Å². The third-order valence-electron chi connectivity index (χ3n) is 4.03. The van der Waals surface area contributed by atoms with Crippen LogP contribution in [0.2, 0.25) is 0 Å². The maximum atomic E-state index is 12.4. The van der Waals surface area contributed by atoms with Gasteiger partial charge in [0.1, 0.15) is 17.9 Å². The molecule has 0 spiro atoms. The molecular formula is C17H18N4O2. The molecule has 3 aromatic rings. The summed E-state index contributed by atoms with van der Waals surface area (Å²) in [7, 11) is 0. The zero-order valence-electron chi connectivity index (χ0n) is 13.3. The van der Waals surface area contributed by atoms with Crippen LogP contribution in [0.4, 0.5) is 5.69 Å². The first-order chi connectivity index (χ1) is 11.0. The van der Waals surface area contributed by atoms with Crippen LogP contribution in [0, 0.1) is 13.8 Å². The molecule has 0 saturated carbocycles. The molecule has 1 amide bonds. The van der Waals surface area contributed by atoms with Crippen LogP contribution in [0.25, 0.3) is 5.52 Å². The van der Waals surface area contributed by atoms with Crippen LogP contribution in [0.5, 0.6) is 0 Å². The molecular weight excluding hydrogens is 292 g/mol. The predicted molar refractivity (Wildman–Crippen MR) is 88.7 cm³/mol. The van der Waals surface area contributed by atoms with E-state index in [-0.39, 0.29) is 11.5 Å². The number of anilines is 1. The summed E-state index contributed by atoms with van der Waals surface area (Å²) in [5.41, 5.74) is 3.17. The zero-order valence-corrected chi connectivity index (χ0v) is 13.3. The Labute approximate surface area is 133 Å². The predicted octanol–water partition coefficient (Wildman–Crippen LogP) is 2.31. The topological polar surface area (TPSA) is 68.4 Å². The van der Waals surface area contributed by atoms with Gasteiger partial charge in [0, 0.05) is 11.9 Å². The highest BCUT2D eigenvalue weighted by atomic mass is 16.2. The van der Waals surface area contributed by atoms with Crippen molar-refractivity contribution in [2.75, 3.05) is 5.32 Å². The summed E-state index contributed by atoms with van der Waals surface area (Å²) in [5.74, 6) is -0.279. The molecule has 0 radical (unpaired) electrons. The molecule has 0 unspecified atom stereocenters. The van der Waals surface area contributed by atoms with Crippen LogP contribution in [-0.4, -0.2) is 20.1 Å². The van der Waals surface area contributed by atoms with E-state index in [1.807, 2.05) is 32.0 Å². The summed E-state index contributed by atoms with van der Waals surface area (Å²) in [5, 5.41) is 6.91. The summed E-state index contributed by atoms with van der Waals surface area (Å²) < 4.78 is 2.83. The molecule has 1 N–H and O–H groups in total. The van der Waals surface area contributed by atoms with Gasteiger partial charge in [0.2, 0.25) is 5.91 Å². The van der Waals surface area contributed by atoms with Crippen molar-refractivity contribution in [3.05, 3.63) is 64.3 Å². The van der Waals surface area contributed by atoms with Crippen molar-refractivity contribution in [3.63, 3.8) is 0 Å². The van der Waals surface area contributed by atoms with Gasteiger partial charge in [0.25, 0.3) is 5.56 Å². The van der Waals surface area contributed by atoms with Crippen molar-refractivity contribution in [3.8, 4) is 0 Å². The maximum absolute atomic E-state index is 12.4. The number of fused-ring (bicyclic) bond motifs is 1. The fourth-order valence-corrected chi connectivity index (χ4v) is 2.41. The van der Waals surface area contributed by atoms with Gasteiger partial charge in [0.15, 0.2) is 0 Å². The molecule has 0 fully saturated rings. The Bertz CT molecular complexity index is 939. The monoisotopic (exact) mass is 310 g/mol. The van der Waals surface area contributed by atoms with E-state index in [0.29, 0.717) is 11.2 Å². The molecule has 0 saturated heterocycles. The SMILES string of the molecule is Cc1ccc(NC(=O)[C@@H](C)n2ncn3cccc3c2=O)cc1C. The Balaban J connectivity index is 1.87. The minimum Gasteiger partial charge on any atom is -0.324 e. The quantitative estimate of drug-likeness (QED) is 0.807. The molecule has 6 nitrogen and oxygen atoms in total. The van der Waals surface area contributed by atoms with Crippen LogP contribution in [0.15, 0.2) is 47.7 Å². The van der Waals surface area contributed by atoms with Crippen molar-refractivity contribution in [2.24, 2.45) is 0 Å². The molecule has 2 aromatic heterocycles. The summed E-state index contributed by atoms with van der Waals surface area (Å²) >= 11 is 0. The largest absolute Gasteiger partial charge is 0.324 e. The van der Waals surface area contributed by atoms with Crippen LogP contribution in [0.3, 0.4) is 0 Å². The molecule has 3 rings (SSSR count). The number of aromatic nitrogens is 3. The number of hydrogen-bond donors (Lipinski definition) is 1. The number of nitrogens with one attached hydrogen (secondary N) is 1. The van der Waals surface area contributed by atoms with Crippen LogP contribution in [-0.2, 0) is 4.79 Å². The lowest BCUT2D eigenvalue weighted by Gasteiger charge is -2.14. The highest BCUT2D eigenvalue weighted by molar-refractivity contribution is 5.93. The number of carbonyl (C=O) groups excluding carboxylic acids is 1. The van der Waals surface area contributed by atoms with Crippen LogP contribution >= 0.6 is 0 Å². The summed E-state index contributed by atoms with van der Waals surface area (Å²) in [6.45, 7) is 5.66. The maximum Gasteiger partial charge on any atom is 0.291 e. The lowest BCUT2D eigenvalue weighted by atomic mass is 10.1. The van der Waals surface area contributed by atoms with E-state index < -0.39 is 6.04 Å². The van der Waals surface area contributed by atoms with Crippen molar-refractivity contribution in [1.29, 1.82) is 0 Å². The van der Waals surface area contributed by atoms with Crippen molar-refractivity contribution < 1.29 is 4.79 Å². The van der Waals surface area contributed by atoms with Crippen molar-refractivity contribution >= 4 is 17.1 Å². The summed E-state index contributed by atoms with van der Waals surface area (Å²) in [4.78, 5) is 24.8. The fourth-order valence-electron chi connectivity index (χ4n) is 2.41. The lowest BCUT2D eigenvalue weighted by molar-refractivity contribution is -0.119. The van der Waals surface area contributed by atoms with Gasteiger partial charge < -0.3 is 9.72 Å². The Morgan fingerprint density at radius 2 is 2.00 bits per heavy atom. The second kappa shape index (κ2) is 5.72. The molecule has 2 heterocycles. The van der Waals surface area contributed by atoms with Crippen LogP contribution in [0.1, 0.15) is 24.1 Å². The molecule has 23 heavy (non-hydrogen) atoms. The van der Waals surface area contributed by atoms with E-state index >= 15 is 0 Å². The van der Waals surface area contributed by atoms with Gasteiger partial charge in [-0.05, 0) is 56.2 Å². The number of nitrogens with zero attached hydrogens (tertiary/aromatic N) is 3. The highest BCUT2D eigenvalue weighted by Gasteiger charge is 2.18. The third kappa shape index (κ3) is 2.75. The molecule has 1 aromatic carbocycles. The molecule has 0 aliphatic carbocycles. The third-order valence-corrected chi connectivity index (χ3v) is 4.03. The van der Waals surface area contributed by atoms with E-state index in [4.69, 9.17) is 0 Å². The molecule has 6 heteroatoms. The van der Waals surface area contributed by atoms with Gasteiger partial charge >= 0.3 is 0 Å². The van der Waals surface area contributed by atoms with E-state index in [9.17, 15) is 9.59 Å². The Hall–Kier alpha value is -2.89. The van der Waals surface area contributed by atoms with E-state index in [2.05, 4.69) is 10.4 Å². The van der Waals surface area contributed by atoms with Gasteiger partial charge in [-0.3, -0.25) is 9.59 Å². The molecule has 0 bridgehead atoms. The smallest absolute Gasteiger partial charge is 0.291 e. The standard InChI is InChI=1S/C17H18N4O2/c1-11-6-7-14(9-12(11)2)19-16(22)13(3)21-17(23)15-5-4-8-20(15)10-18-21/h4-10,13H,1-3H3,(H,19,22)/t13-/m1/s1. The first kappa shape index (κ1) is 15.0. The van der Waals surface area contributed by atoms with E-state index in [1.165, 1.54) is 11.0 Å². The normalized spacial score (nSPS) is 12.3. The second-order valence-electron chi connectivity index (χ2n) is 5.65. The first-order valence-corrected chi connectivity index (χ1v) is 7.40. The number of amides is 1. The lowest BCUT2D eigenvalue weighted by Crippen LogP contribution is -2.34. The van der Waals surface area contributed by atoms with E-state index in [0.717, 1.165) is 11.1 Å². The van der Waals surface area contributed by atoms with Crippen molar-refractivity contribution in [2.45, 2.75) is 26.8 Å². The van der Waals surface area contributed by atoms with Gasteiger partial charge in [-0.25, -0.2) is 4.68 Å². The minimum absolute atomic E-state index is 0.279. The number of rotatable bonds is 3. The molecule has 118 valence electrons. The van der Waals surface area contributed by atoms with E-state index in [1.54, 1.807) is 29.7 Å². The summed E-state index contributed by atoms with van der Waals surface area (Å²) in [6, 6.07) is 8.47. The Morgan fingerprint density at radius 3 is 2.74 bits per heavy atom. The summed E-state index contributed by atoms with van der Waals surface area (Å²) in [6.07, 6.45) is 3.27. The average molecular weight is 310 g/mol. The number of benzene rings is 1. The fraction of sp³-hybridized carbons (Fsp3) is 0.235. The van der Waals surface area contributed by atoms with Crippen molar-refractivity contribution in [1.82, 2.24) is 14.2 Å². The zero-order chi connectivity index (χ0) is 16.6. The Kier molecular flexibility index (Phi) is 3.73. The highest BCUT2D eigenvalue weighted by Crippen LogP contribution is 2.15. The molecule has 0 aliphatic rings. The number of carbonyl (C=O) groups is 1. The number of hydrogen-bond acceptors (Lipinski definition) is 3. The van der Waals surface area contributed by atoms with Gasteiger partial charge in [0.05, 0.1) is 0 Å². The molecule has 1 atom stereocenters. The van der Waals surface area contributed by atoms with Gasteiger partial charge in [-0.1, -0.05) is 6.07 Å².